The molecule has 0 fully saturated rings. The lowest BCUT2D eigenvalue weighted by Gasteiger charge is -2.09. The number of alkyl halides is 2. The molecule has 23 heavy (non-hydrogen) atoms. The number of amides is 1. The first kappa shape index (κ1) is 14.9. The van der Waals surface area contributed by atoms with Gasteiger partial charge < -0.3 is 5.32 Å². The summed E-state index contributed by atoms with van der Waals surface area (Å²) in [7, 11) is 0. The number of hydrogen-bond donors (Lipinski definition) is 2. The zero-order chi connectivity index (χ0) is 16.2. The maximum atomic E-state index is 12.5. The molecule has 0 saturated heterocycles. The van der Waals surface area contributed by atoms with Crippen molar-refractivity contribution in [1.29, 1.82) is 0 Å². The third-order valence-electron chi connectivity index (χ3n) is 3.21. The maximum absolute atomic E-state index is 12.5. The molecule has 2 N–H and O–H groups in total. The highest BCUT2D eigenvalue weighted by atomic mass is 19.3. The molecule has 0 aliphatic heterocycles. The number of aromatic nitrogens is 4. The van der Waals surface area contributed by atoms with Gasteiger partial charge in [-0.25, -0.2) is 8.78 Å². The molecule has 1 amide bonds. The van der Waals surface area contributed by atoms with Crippen LogP contribution < -0.4 is 5.32 Å². The van der Waals surface area contributed by atoms with Crippen molar-refractivity contribution in [3.8, 4) is 11.1 Å². The number of nitrogens with one attached hydrogen (secondary N) is 2. The minimum atomic E-state index is -2.58. The zero-order valence-electron chi connectivity index (χ0n) is 11.9. The van der Waals surface area contributed by atoms with Crippen LogP contribution in [0.3, 0.4) is 0 Å². The van der Waals surface area contributed by atoms with Crippen LogP contribution >= 0.6 is 0 Å². The summed E-state index contributed by atoms with van der Waals surface area (Å²) in [6, 6.07) is 8.56. The second-order valence-corrected chi connectivity index (χ2v) is 4.81. The van der Waals surface area contributed by atoms with Crippen molar-refractivity contribution in [2.45, 2.75) is 13.0 Å². The van der Waals surface area contributed by atoms with Gasteiger partial charge in [0.05, 0.1) is 6.20 Å². The molecule has 0 unspecified atom stereocenters. The van der Waals surface area contributed by atoms with E-state index in [1.807, 2.05) is 6.07 Å². The molecular weight excluding hydrogens is 304 g/mol. The van der Waals surface area contributed by atoms with Crippen LogP contribution in [0, 0.1) is 0 Å². The topological polar surface area (TPSA) is 75.6 Å². The van der Waals surface area contributed by atoms with E-state index in [4.69, 9.17) is 0 Å². The molecule has 0 radical (unpaired) electrons. The molecule has 1 aromatic carbocycles. The van der Waals surface area contributed by atoms with Gasteiger partial charge in [-0.05, 0) is 23.8 Å². The Hall–Kier alpha value is -3.03. The SMILES string of the molecule is O=C(Nc1cccc(-c2cn[nH]c2)c1)c1ccnn1CC(F)F. The van der Waals surface area contributed by atoms with Crippen molar-refractivity contribution in [3.05, 3.63) is 54.6 Å². The molecular formula is C15H13F2N5O. The number of carbonyl (C=O) groups excluding carboxylic acids is 1. The predicted octanol–water partition coefficient (Wildman–Crippen LogP) is 2.79. The van der Waals surface area contributed by atoms with Crippen molar-refractivity contribution < 1.29 is 13.6 Å². The summed E-state index contributed by atoms with van der Waals surface area (Å²) in [4.78, 5) is 12.2. The average Bonchev–Trinajstić information content (AvgIpc) is 3.18. The predicted molar refractivity (Wildman–Crippen MR) is 80.2 cm³/mol. The molecule has 0 atom stereocenters. The van der Waals surface area contributed by atoms with Crippen LogP contribution in [0.1, 0.15) is 10.5 Å². The van der Waals surface area contributed by atoms with Crippen LogP contribution in [0.4, 0.5) is 14.5 Å². The van der Waals surface area contributed by atoms with Gasteiger partial charge in [0.1, 0.15) is 12.2 Å². The minimum Gasteiger partial charge on any atom is -0.321 e. The van der Waals surface area contributed by atoms with Gasteiger partial charge in [-0.1, -0.05) is 12.1 Å². The van der Waals surface area contributed by atoms with Gasteiger partial charge in [0, 0.05) is 23.6 Å². The van der Waals surface area contributed by atoms with E-state index in [1.54, 1.807) is 30.6 Å². The fourth-order valence-corrected chi connectivity index (χ4v) is 2.18. The van der Waals surface area contributed by atoms with E-state index in [9.17, 15) is 13.6 Å². The molecule has 2 aromatic heterocycles. The number of H-pyrrole nitrogens is 1. The molecule has 8 heteroatoms. The Morgan fingerprint density at radius 1 is 1.30 bits per heavy atom. The summed E-state index contributed by atoms with van der Waals surface area (Å²) in [5.41, 5.74) is 2.39. The first-order valence-electron chi connectivity index (χ1n) is 6.84. The molecule has 6 nitrogen and oxygen atoms in total. The van der Waals surface area contributed by atoms with E-state index in [-0.39, 0.29) is 5.69 Å². The Kier molecular flexibility index (Phi) is 4.13. The fraction of sp³-hybridized carbons (Fsp3) is 0.133. The first-order valence-corrected chi connectivity index (χ1v) is 6.84. The maximum Gasteiger partial charge on any atom is 0.273 e. The van der Waals surface area contributed by atoms with Gasteiger partial charge in [-0.2, -0.15) is 10.2 Å². The quantitative estimate of drug-likeness (QED) is 0.760. The van der Waals surface area contributed by atoms with Crippen molar-refractivity contribution >= 4 is 11.6 Å². The summed E-state index contributed by atoms with van der Waals surface area (Å²) in [5, 5.41) is 13.0. The lowest BCUT2D eigenvalue weighted by Crippen LogP contribution is -2.20. The molecule has 3 rings (SSSR count). The largest absolute Gasteiger partial charge is 0.321 e. The van der Waals surface area contributed by atoms with E-state index < -0.39 is 18.9 Å². The van der Waals surface area contributed by atoms with Crippen LogP contribution in [0.2, 0.25) is 0 Å². The molecule has 0 saturated carbocycles. The average molecular weight is 317 g/mol. The number of nitrogens with zero attached hydrogens (tertiary/aromatic N) is 3. The Balaban J connectivity index is 1.78. The number of hydrogen-bond acceptors (Lipinski definition) is 3. The Morgan fingerprint density at radius 3 is 2.91 bits per heavy atom. The van der Waals surface area contributed by atoms with Crippen molar-refractivity contribution in [1.82, 2.24) is 20.0 Å². The lowest BCUT2D eigenvalue weighted by molar-refractivity contribution is 0.0989. The summed E-state index contributed by atoms with van der Waals surface area (Å²) >= 11 is 0. The monoisotopic (exact) mass is 317 g/mol. The molecule has 2 heterocycles. The summed E-state index contributed by atoms with van der Waals surface area (Å²) in [6.45, 7) is -0.620. The van der Waals surface area contributed by atoms with Gasteiger partial charge in [0.25, 0.3) is 12.3 Å². The number of anilines is 1. The lowest BCUT2D eigenvalue weighted by atomic mass is 10.1. The van der Waals surface area contributed by atoms with Gasteiger partial charge >= 0.3 is 0 Å². The van der Waals surface area contributed by atoms with E-state index in [2.05, 4.69) is 20.6 Å². The van der Waals surface area contributed by atoms with Crippen molar-refractivity contribution in [2.24, 2.45) is 0 Å². The Bertz CT molecular complexity index is 798. The normalized spacial score (nSPS) is 10.9. The Labute approximate surface area is 130 Å². The highest BCUT2D eigenvalue weighted by Crippen LogP contribution is 2.21. The van der Waals surface area contributed by atoms with Crippen LogP contribution in [-0.4, -0.2) is 32.3 Å². The molecule has 0 aliphatic carbocycles. The van der Waals surface area contributed by atoms with Crippen LogP contribution in [0.5, 0.6) is 0 Å². The first-order chi connectivity index (χ1) is 11.1. The second kappa shape index (κ2) is 6.39. The van der Waals surface area contributed by atoms with E-state index in [0.717, 1.165) is 15.8 Å². The third kappa shape index (κ3) is 3.42. The van der Waals surface area contributed by atoms with Crippen molar-refractivity contribution in [3.63, 3.8) is 0 Å². The minimum absolute atomic E-state index is 0.0824. The van der Waals surface area contributed by atoms with Crippen LogP contribution in [0.25, 0.3) is 11.1 Å². The number of halogens is 2. The highest BCUT2D eigenvalue weighted by Gasteiger charge is 2.15. The number of benzene rings is 1. The summed E-state index contributed by atoms with van der Waals surface area (Å²) < 4.78 is 25.9. The third-order valence-corrected chi connectivity index (χ3v) is 3.21. The molecule has 0 spiro atoms. The van der Waals surface area contributed by atoms with Gasteiger partial charge in [-0.3, -0.25) is 14.6 Å². The number of aromatic amines is 1. The van der Waals surface area contributed by atoms with Gasteiger partial charge in [-0.15, -0.1) is 0 Å². The number of rotatable bonds is 5. The Morgan fingerprint density at radius 2 is 2.17 bits per heavy atom. The van der Waals surface area contributed by atoms with Gasteiger partial charge in [0.15, 0.2) is 0 Å². The second-order valence-electron chi connectivity index (χ2n) is 4.81. The fourth-order valence-electron chi connectivity index (χ4n) is 2.18. The van der Waals surface area contributed by atoms with Crippen LogP contribution in [0.15, 0.2) is 48.9 Å². The molecule has 0 aliphatic rings. The van der Waals surface area contributed by atoms with Crippen molar-refractivity contribution in [2.75, 3.05) is 5.32 Å². The summed E-state index contributed by atoms with van der Waals surface area (Å²) in [6.07, 6.45) is 2.14. The summed E-state index contributed by atoms with van der Waals surface area (Å²) in [5.74, 6) is -0.493. The number of carbonyl (C=O) groups is 1. The molecule has 3 aromatic rings. The van der Waals surface area contributed by atoms with E-state index >= 15 is 0 Å². The molecule has 118 valence electrons. The zero-order valence-corrected chi connectivity index (χ0v) is 11.9. The van der Waals surface area contributed by atoms with E-state index in [0.29, 0.717) is 5.69 Å². The van der Waals surface area contributed by atoms with Gasteiger partial charge in [0.2, 0.25) is 0 Å². The smallest absolute Gasteiger partial charge is 0.273 e. The highest BCUT2D eigenvalue weighted by molar-refractivity contribution is 6.03. The van der Waals surface area contributed by atoms with E-state index in [1.165, 1.54) is 12.3 Å². The van der Waals surface area contributed by atoms with Crippen LogP contribution in [-0.2, 0) is 6.54 Å². The standard InChI is InChI=1S/C15H13F2N5O/c16-14(17)9-22-13(4-5-20-22)15(23)21-12-3-1-2-10(6-12)11-7-18-19-8-11/h1-8,14H,9H2,(H,18,19)(H,21,23). The molecule has 0 bridgehead atoms.